The highest BCUT2D eigenvalue weighted by molar-refractivity contribution is 6.10. The second-order valence-corrected chi connectivity index (χ2v) is 10.8. The van der Waals surface area contributed by atoms with E-state index in [0.717, 1.165) is 0 Å². The van der Waals surface area contributed by atoms with Gasteiger partial charge < -0.3 is 4.57 Å². The Morgan fingerprint density at radius 3 is 1.92 bits per heavy atom. The predicted molar refractivity (Wildman–Crippen MR) is 155 cm³/mol. The van der Waals surface area contributed by atoms with Gasteiger partial charge in [-0.05, 0) is 64.4 Å². The Balaban J connectivity index is 1.74. The summed E-state index contributed by atoms with van der Waals surface area (Å²) in [5, 5.41) is 2.60. The molecule has 0 aliphatic carbocycles. The fourth-order valence-corrected chi connectivity index (χ4v) is 5.42. The molecule has 5 aromatic carbocycles. The van der Waals surface area contributed by atoms with Crippen LogP contribution in [0.2, 0.25) is 0 Å². The smallest absolute Gasteiger partial charge is 0.0578 e. The van der Waals surface area contributed by atoms with Crippen LogP contribution in [0.3, 0.4) is 0 Å². The average Bonchev–Trinajstić information content (AvgIpc) is 3.23. The van der Waals surface area contributed by atoms with Crippen molar-refractivity contribution in [2.24, 2.45) is 0 Å². The van der Waals surface area contributed by atoms with Crippen molar-refractivity contribution in [3.63, 3.8) is 0 Å². The van der Waals surface area contributed by atoms with Crippen molar-refractivity contribution in [3.8, 4) is 27.9 Å². The molecule has 0 fully saturated rings. The van der Waals surface area contributed by atoms with Crippen molar-refractivity contribution in [2.75, 3.05) is 0 Å². The molecule has 0 saturated heterocycles. The van der Waals surface area contributed by atoms with Crippen LogP contribution in [0.25, 0.3) is 49.7 Å². The zero-order valence-electron chi connectivity index (χ0n) is 21.4. The van der Waals surface area contributed by atoms with Crippen molar-refractivity contribution in [1.82, 2.24) is 4.57 Å². The minimum atomic E-state index is 0.0159. The summed E-state index contributed by atoms with van der Waals surface area (Å²) < 4.78 is 2.48. The Kier molecular flexibility index (Phi) is 5.30. The third-order valence-corrected chi connectivity index (χ3v) is 7.14. The van der Waals surface area contributed by atoms with Crippen LogP contribution in [0.15, 0.2) is 115 Å². The minimum Gasteiger partial charge on any atom is -0.309 e. The first-order valence-corrected chi connectivity index (χ1v) is 12.7. The van der Waals surface area contributed by atoms with E-state index in [4.69, 9.17) is 0 Å². The minimum absolute atomic E-state index is 0.0159. The van der Waals surface area contributed by atoms with Crippen molar-refractivity contribution < 1.29 is 0 Å². The number of hydrogen-bond acceptors (Lipinski definition) is 0. The molecule has 1 heteroatoms. The molecule has 0 aliphatic heterocycles. The van der Waals surface area contributed by atoms with Gasteiger partial charge in [-0.2, -0.15) is 0 Å². The molecule has 0 N–H and O–H groups in total. The lowest BCUT2D eigenvalue weighted by molar-refractivity contribution is 0.594. The Morgan fingerprint density at radius 1 is 0.528 bits per heavy atom. The molecule has 0 radical (unpaired) electrons. The summed E-state index contributed by atoms with van der Waals surface area (Å²) in [6.45, 7) is 9.08. The zero-order chi connectivity index (χ0) is 24.9. The van der Waals surface area contributed by atoms with Crippen LogP contribution in [-0.2, 0) is 5.41 Å². The van der Waals surface area contributed by atoms with Crippen LogP contribution < -0.4 is 0 Å². The van der Waals surface area contributed by atoms with Gasteiger partial charge in [0.15, 0.2) is 0 Å². The maximum atomic E-state index is 2.48. The molecule has 0 aliphatic rings. The normalized spacial score (nSPS) is 11.9. The first-order valence-electron chi connectivity index (χ1n) is 12.7. The number of aryl methyl sites for hydroxylation is 1. The van der Waals surface area contributed by atoms with Crippen LogP contribution in [0.1, 0.15) is 31.9 Å². The fourth-order valence-electron chi connectivity index (χ4n) is 5.42. The van der Waals surface area contributed by atoms with E-state index in [1.165, 1.54) is 60.9 Å². The van der Waals surface area contributed by atoms with Gasteiger partial charge in [0.25, 0.3) is 0 Å². The van der Waals surface area contributed by atoms with E-state index in [1.807, 2.05) is 0 Å². The van der Waals surface area contributed by atoms with Gasteiger partial charge in [0.05, 0.1) is 11.0 Å². The Morgan fingerprint density at radius 2 is 1.17 bits per heavy atom. The van der Waals surface area contributed by atoms with Gasteiger partial charge in [-0.1, -0.05) is 117 Å². The first-order chi connectivity index (χ1) is 17.4. The third kappa shape index (κ3) is 3.82. The fraction of sp³-hybridized carbons (Fsp3) is 0.143. The van der Waals surface area contributed by atoms with Crippen molar-refractivity contribution in [2.45, 2.75) is 33.1 Å². The van der Waals surface area contributed by atoms with Crippen LogP contribution in [0.4, 0.5) is 0 Å². The highest BCUT2D eigenvalue weighted by Crippen LogP contribution is 2.40. The third-order valence-electron chi connectivity index (χ3n) is 7.14. The molecule has 36 heavy (non-hydrogen) atoms. The Labute approximate surface area is 213 Å². The lowest BCUT2D eigenvalue weighted by atomic mass is 9.85. The van der Waals surface area contributed by atoms with Gasteiger partial charge >= 0.3 is 0 Å². The zero-order valence-corrected chi connectivity index (χ0v) is 21.4. The number of nitrogens with zero attached hydrogens (tertiary/aromatic N) is 1. The van der Waals surface area contributed by atoms with Crippen LogP contribution >= 0.6 is 0 Å². The maximum absolute atomic E-state index is 2.48. The lowest BCUT2D eigenvalue weighted by Crippen LogP contribution is -2.13. The van der Waals surface area contributed by atoms with Gasteiger partial charge in [-0.15, -0.1) is 0 Å². The van der Waals surface area contributed by atoms with Gasteiger partial charge in [-0.25, -0.2) is 0 Å². The van der Waals surface area contributed by atoms with Crippen LogP contribution in [-0.4, -0.2) is 4.57 Å². The molecule has 176 valence electrons. The monoisotopic (exact) mass is 465 g/mol. The number of aromatic nitrogens is 1. The number of fused-ring (bicyclic) bond motifs is 3. The second-order valence-electron chi connectivity index (χ2n) is 10.8. The Bertz CT molecular complexity index is 1710. The van der Waals surface area contributed by atoms with E-state index in [0.29, 0.717) is 0 Å². The average molecular weight is 466 g/mol. The lowest BCUT2D eigenvalue weighted by Gasteiger charge is -2.22. The quantitative estimate of drug-likeness (QED) is 0.245. The molecule has 6 rings (SSSR count). The molecule has 0 spiro atoms. The molecule has 0 bridgehead atoms. The van der Waals surface area contributed by atoms with Gasteiger partial charge in [-0.3, -0.25) is 0 Å². The molecule has 0 amide bonds. The molecule has 1 nitrogen and oxygen atoms in total. The molecular weight excluding hydrogens is 434 g/mol. The molecule has 6 aromatic rings. The van der Waals surface area contributed by atoms with E-state index in [1.54, 1.807) is 0 Å². The number of para-hydroxylation sites is 2. The van der Waals surface area contributed by atoms with E-state index in [-0.39, 0.29) is 5.41 Å². The van der Waals surface area contributed by atoms with E-state index < -0.39 is 0 Å². The van der Waals surface area contributed by atoms with Crippen molar-refractivity contribution in [1.29, 1.82) is 0 Å². The number of hydrogen-bond donors (Lipinski definition) is 0. The molecule has 0 atom stereocenters. The van der Waals surface area contributed by atoms with E-state index >= 15 is 0 Å². The molecule has 0 unspecified atom stereocenters. The highest BCUT2D eigenvalue weighted by atomic mass is 15.0. The molecule has 1 aromatic heterocycles. The van der Waals surface area contributed by atoms with Gasteiger partial charge in [0.2, 0.25) is 0 Å². The largest absolute Gasteiger partial charge is 0.309 e. The maximum Gasteiger partial charge on any atom is 0.0578 e. The van der Waals surface area contributed by atoms with Crippen molar-refractivity contribution in [3.05, 3.63) is 126 Å². The van der Waals surface area contributed by atoms with Crippen molar-refractivity contribution >= 4 is 21.8 Å². The summed E-state index contributed by atoms with van der Waals surface area (Å²) in [5.74, 6) is 0. The summed E-state index contributed by atoms with van der Waals surface area (Å²) in [6.07, 6.45) is 0. The standard InChI is InChI=1S/C35H31N/c1-24-12-10-15-26(20-24)28-21-27(25-13-6-5-7-14-25)22-29(23-28)36-33-19-9-8-16-30(33)31-17-11-18-32(34(31)36)35(2,3)4/h5-23H,1-4H3. The van der Waals surface area contributed by atoms with E-state index in [2.05, 4.69) is 148 Å². The number of benzene rings is 5. The number of rotatable bonds is 3. The van der Waals surface area contributed by atoms with Gasteiger partial charge in [0.1, 0.15) is 0 Å². The molecule has 1 heterocycles. The SMILES string of the molecule is Cc1cccc(-c2cc(-c3ccccc3)cc(-n3c4ccccc4c4cccc(C(C)(C)C)c43)c2)c1. The summed E-state index contributed by atoms with van der Waals surface area (Å²) >= 11 is 0. The summed E-state index contributed by atoms with van der Waals surface area (Å²) in [6, 6.07) is 42.1. The van der Waals surface area contributed by atoms with Crippen LogP contribution in [0.5, 0.6) is 0 Å². The molecule has 0 saturated carbocycles. The predicted octanol–water partition coefficient (Wildman–Crippen LogP) is 9.72. The summed E-state index contributed by atoms with van der Waals surface area (Å²) in [7, 11) is 0. The Hall–Kier alpha value is -4.10. The topological polar surface area (TPSA) is 4.93 Å². The second kappa shape index (κ2) is 8.53. The summed E-state index contributed by atoms with van der Waals surface area (Å²) in [4.78, 5) is 0. The van der Waals surface area contributed by atoms with Gasteiger partial charge in [0, 0.05) is 16.5 Å². The van der Waals surface area contributed by atoms with E-state index in [9.17, 15) is 0 Å². The molecular formula is C35H31N. The first kappa shape index (κ1) is 22.4. The highest BCUT2D eigenvalue weighted by Gasteiger charge is 2.22. The van der Waals surface area contributed by atoms with Crippen LogP contribution in [0, 0.1) is 6.92 Å². The summed E-state index contributed by atoms with van der Waals surface area (Å²) in [5.41, 5.74) is 11.3.